The van der Waals surface area contributed by atoms with E-state index in [1.54, 1.807) is 6.07 Å². The Balaban J connectivity index is 1.43. The summed E-state index contributed by atoms with van der Waals surface area (Å²) in [6.45, 7) is 3.83. The summed E-state index contributed by atoms with van der Waals surface area (Å²) in [6, 6.07) is 9.45. The van der Waals surface area contributed by atoms with Crippen molar-refractivity contribution in [1.82, 2.24) is 9.47 Å². The molecule has 7 nitrogen and oxygen atoms in total. The van der Waals surface area contributed by atoms with Gasteiger partial charge in [-0.1, -0.05) is 6.92 Å². The molecule has 1 saturated heterocycles. The van der Waals surface area contributed by atoms with Gasteiger partial charge in [0.25, 0.3) is 5.91 Å². The van der Waals surface area contributed by atoms with Crippen molar-refractivity contribution < 1.29 is 19.1 Å². The first-order valence-electron chi connectivity index (χ1n) is 10.5. The number of likely N-dealkylation sites (tertiary alicyclic amines) is 1. The number of nitrogens with zero attached hydrogens (tertiary/aromatic N) is 3. The van der Waals surface area contributed by atoms with E-state index in [0.29, 0.717) is 37.3 Å². The number of fused-ring (bicyclic) bond motifs is 1. The fraction of sp³-hybridized carbons (Fsp3) is 0.435. The topological polar surface area (TPSA) is 71.9 Å². The van der Waals surface area contributed by atoms with Crippen LogP contribution in [0, 0.1) is 0 Å². The maximum Gasteiger partial charge on any atom is 0.354 e. The number of esters is 1. The molecule has 4 rings (SSSR count). The Kier molecular flexibility index (Phi) is 5.61. The summed E-state index contributed by atoms with van der Waals surface area (Å²) in [4.78, 5) is 40.8. The van der Waals surface area contributed by atoms with Gasteiger partial charge in [-0.05, 0) is 55.2 Å². The number of methoxy groups -OCH3 is 1. The third kappa shape index (κ3) is 3.60. The predicted octanol–water partition coefficient (Wildman–Crippen LogP) is 3.05. The Bertz CT molecular complexity index is 973. The highest BCUT2D eigenvalue weighted by molar-refractivity contribution is 5.98. The predicted molar refractivity (Wildman–Crippen MR) is 113 cm³/mol. The highest BCUT2D eigenvalue weighted by Gasteiger charge is 2.28. The van der Waals surface area contributed by atoms with E-state index in [4.69, 9.17) is 4.74 Å². The molecule has 30 heavy (non-hydrogen) atoms. The summed E-state index contributed by atoms with van der Waals surface area (Å²) in [5.41, 5.74) is 3.22. The molecule has 0 spiro atoms. The molecule has 158 valence electrons. The minimum Gasteiger partial charge on any atom is -0.464 e. The lowest BCUT2D eigenvalue weighted by molar-refractivity contribution is -0.118. The van der Waals surface area contributed by atoms with E-state index in [-0.39, 0.29) is 23.8 Å². The van der Waals surface area contributed by atoms with Gasteiger partial charge in [0.2, 0.25) is 5.91 Å². The van der Waals surface area contributed by atoms with Crippen LogP contribution in [0.15, 0.2) is 36.5 Å². The lowest BCUT2D eigenvalue weighted by Gasteiger charge is -2.33. The Morgan fingerprint density at radius 2 is 1.87 bits per heavy atom. The molecule has 1 fully saturated rings. The number of hydrogen-bond acceptors (Lipinski definition) is 4. The smallest absolute Gasteiger partial charge is 0.354 e. The number of carbonyl (C=O) groups is 3. The van der Waals surface area contributed by atoms with Gasteiger partial charge in [0.1, 0.15) is 5.69 Å². The molecule has 2 aliphatic heterocycles. The first kappa shape index (κ1) is 20.2. The molecular weight excluding hydrogens is 382 g/mol. The SMILES string of the molecule is CCC(=O)N1CCc2cc(C(=O)N3CCC(n4cccc4C(=O)OC)CC3)ccc21. The van der Waals surface area contributed by atoms with Crippen LogP contribution in [0.3, 0.4) is 0 Å². The van der Waals surface area contributed by atoms with Crippen LogP contribution in [0.4, 0.5) is 5.69 Å². The lowest BCUT2D eigenvalue weighted by atomic mass is 10.0. The van der Waals surface area contributed by atoms with Crippen molar-refractivity contribution in [2.24, 2.45) is 0 Å². The van der Waals surface area contributed by atoms with Crippen molar-refractivity contribution in [2.45, 2.75) is 38.6 Å². The van der Waals surface area contributed by atoms with Crippen LogP contribution >= 0.6 is 0 Å². The Hall–Kier alpha value is -3.09. The van der Waals surface area contributed by atoms with Crippen molar-refractivity contribution in [3.63, 3.8) is 0 Å². The largest absolute Gasteiger partial charge is 0.464 e. The maximum absolute atomic E-state index is 13.1. The molecule has 0 bridgehead atoms. The summed E-state index contributed by atoms with van der Waals surface area (Å²) in [5, 5.41) is 0. The van der Waals surface area contributed by atoms with E-state index < -0.39 is 0 Å². The zero-order chi connectivity index (χ0) is 21.3. The van der Waals surface area contributed by atoms with Gasteiger partial charge in [-0.25, -0.2) is 4.79 Å². The maximum atomic E-state index is 13.1. The van der Waals surface area contributed by atoms with Crippen molar-refractivity contribution in [1.29, 1.82) is 0 Å². The number of anilines is 1. The highest BCUT2D eigenvalue weighted by atomic mass is 16.5. The average molecular weight is 409 g/mol. The quantitative estimate of drug-likeness (QED) is 0.728. The Morgan fingerprint density at radius 3 is 2.57 bits per heavy atom. The van der Waals surface area contributed by atoms with Gasteiger partial charge in [-0.3, -0.25) is 9.59 Å². The molecule has 2 amide bonds. The number of aromatic nitrogens is 1. The molecular formula is C23H27N3O4. The Labute approximate surface area is 176 Å². The molecule has 3 heterocycles. The van der Waals surface area contributed by atoms with Gasteiger partial charge in [0, 0.05) is 49.5 Å². The molecule has 0 aliphatic carbocycles. The van der Waals surface area contributed by atoms with Crippen LogP contribution < -0.4 is 4.90 Å². The fourth-order valence-electron chi connectivity index (χ4n) is 4.50. The van der Waals surface area contributed by atoms with Gasteiger partial charge in [0.15, 0.2) is 0 Å². The lowest BCUT2D eigenvalue weighted by Crippen LogP contribution is -2.39. The van der Waals surface area contributed by atoms with Crippen LogP contribution in [-0.2, 0) is 16.0 Å². The molecule has 0 radical (unpaired) electrons. The van der Waals surface area contributed by atoms with Gasteiger partial charge < -0.3 is 19.1 Å². The van der Waals surface area contributed by atoms with Gasteiger partial charge in [0.05, 0.1) is 7.11 Å². The zero-order valence-electron chi connectivity index (χ0n) is 17.5. The second-order valence-corrected chi connectivity index (χ2v) is 7.81. The van der Waals surface area contributed by atoms with E-state index in [0.717, 1.165) is 30.5 Å². The summed E-state index contributed by atoms with van der Waals surface area (Å²) in [6.07, 6.45) is 4.74. The van der Waals surface area contributed by atoms with Crippen LogP contribution in [-0.4, -0.2) is 54.0 Å². The first-order valence-corrected chi connectivity index (χ1v) is 10.5. The van der Waals surface area contributed by atoms with E-state index >= 15 is 0 Å². The molecule has 0 N–H and O–H groups in total. The van der Waals surface area contributed by atoms with Crippen LogP contribution in [0.25, 0.3) is 0 Å². The zero-order valence-corrected chi connectivity index (χ0v) is 17.5. The molecule has 0 unspecified atom stereocenters. The number of ether oxygens (including phenoxy) is 1. The molecule has 0 saturated carbocycles. The fourth-order valence-corrected chi connectivity index (χ4v) is 4.50. The minimum absolute atomic E-state index is 0.0252. The summed E-state index contributed by atoms with van der Waals surface area (Å²) in [7, 11) is 1.38. The van der Waals surface area contributed by atoms with Crippen molar-refractivity contribution in [2.75, 3.05) is 31.6 Å². The molecule has 2 aliphatic rings. The van der Waals surface area contributed by atoms with Crippen molar-refractivity contribution in [3.8, 4) is 0 Å². The number of amides is 2. The molecule has 1 aromatic carbocycles. The molecule has 0 atom stereocenters. The second-order valence-electron chi connectivity index (χ2n) is 7.81. The summed E-state index contributed by atoms with van der Waals surface area (Å²) in [5.74, 6) is -0.198. The van der Waals surface area contributed by atoms with Crippen molar-refractivity contribution >= 4 is 23.5 Å². The minimum atomic E-state index is -0.341. The van der Waals surface area contributed by atoms with Gasteiger partial charge >= 0.3 is 5.97 Å². The normalized spacial score (nSPS) is 16.5. The number of hydrogen-bond donors (Lipinski definition) is 0. The monoisotopic (exact) mass is 409 g/mol. The second kappa shape index (κ2) is 8.34. The third-order valence-electron chi connectivity index (χ3n) is 6.14. The van der Waals surface area contributed by atoms with Crippen molar-refractivity contribution in [3.05, 3.63) is 53.3 Å². The Morgan fingerprint density at radius 1 is 1.10 bits per heavy atom. The van der Waals surface area contributed by atoms with Crippen LogP contribution in [0.2, 0.25) is 0 Å². The van der Waals surface area contributed by atoms with E-state index in [1.807, 2.05) is 51.8 Å². The number of carbonyl (C=O) groups excluding carboxylic acids is 3. The van der Waals surface area contributed by atoms with E-state index in [1.165, 1.54) is 7.11 Å². The van der Waals surface area contributed by atoms with E-state index in [2.05, 4.69) is 0 Å². The number of benzene rings is 1. The van der Waals surface area contributed by atoms with Crippen LogP contribution in [0.5, 0.6) is 0 Å². The molecule has 2 aromatic rings. The summed E-state index contributed by atoms with van der Waals surface area (Å²) < 4.78 is 6.82. The summed E-state index contributed by atoms with van der Waals surface area (Å²) >= 11 is 0. The number of piperidine rings is 1. The number of rotatable bonds is 4. The molecule has 7 heteroatoms. The highest BCUT2D eigenvalue weighted by Crippen LogP contribution is 2.31. The average Bonchev–Trinajstić information content (AvgIpc) is 3.44. The van der Waals surface area contributed by atoms with Gasteiger partial charge in [-0.2, -0.15) is 0 Å². The van der Waals surface area contributed by atoms with Crippen LogP contribution in [0.1, 0.15) is 58.6 Å². The van der Waals surface area contributed by atoms with E-state index in [9.17, 15) is 14.4 Å². The third-order valence-corrected chi connectivity index (χ3v) is 6.14. The molecule has 1 aromatic heterocycles. The first-order chi connectivity index (χ1) is 14.5. The van der Waals surface area contributed by atoms with Gasteiger partial charge in [-0.15, -0.1) is 0 Å². The standard InChI is InChI=1S/C23H27N3O4/c1-3-21(27)26-14-8-16-15-17(6-7-19(16)26)22(28)24-12-9-18(10-13-24)25-11-4-5-20(25)23(29)30-2/h4-7,11,15,18H,3,8-10,12-14H2,1-2H3.